The summed E-state index contributed by atoms with van der Waals surface area (Å²) in [5.41, 5.74) is 1.68. The molecule has 0 bridgehead atoms. The van der Waals surface area contributed by atoms with E-state index in [1.54, 1.807) is 6.20 Å². The van der Waals surface area contributed by atoms with Gasteiger partial charge in [0.05, 0.1) is 0 Å². The van der Waals surface area contributed by atoms with Crippen LogP contribution in [0.3, 0.4) is 0 Å². The number of rotatable bonds is 5. The number of aromatic nitrogens is 1. The molecule has 1 N–H and O–H groups in total. The summed E-state index contributed by atoms with van der Waals surface area (Å²) in [6, 6.07) is 16.1. The van der Waals surface area contributed by atoms with Crippen molar-refractivity contribution in [3.63, 3.8) is 0 Å². The maximum absolute atomic E-state index is 12.5. The van der Waals surface area contributed by atoms with Gasteiger partial charge >= 0.3 is 171 Å². The number of nitrogens with one attached hydrogen (secondary N) is 1. The monoisotopic (exact) mass is 444 g/mol. The Morgan fingerprint density at radius 2 is 1.89 bits per heavy atom. The van der Waals surface area contributed by atoms with E-state index in [4.69, 9.17) is 11.6 Å². The number of pyridine rings is 1. The van der Waals surface area contributed by atoms with Gasteiger partial charge in [-0.1, -0.05) is 0 Å². The van der Waals surface area contributed by atoms with Gasteiger partial charge in [-0.3, -0.25) is 0 Å². The number of nitrogens with zero attached hydrogens (tertiary/aromatic N) is 1. The van der Waals surface area contributed by atoms with Crippen LogP contribution in [0.15, 0.2) is 54.7 Å². The average Bonchev–Trinajstić information content (AvgIpc) is 3.18. The molecule has 5 heteroatoms. The molecule has 3 nitrogen and oxygen atoms in total. The van der Waals surface area contributed by atoms with Gasteiger partial charge in [-0.25, -0.2) is 0 Å². The number of hydrogen-bond acceptors (Lipinski definition) is 2. The average molecular weight is 444 g/mol. The Hall–Kier alpha value is -1.87. The van der Waals surface area contributed by atoms with Crippen LogP contribution in [0.4, 0.5) is 5.69 Å². The number of halogens is 1. The molecule has 1 heterocycles. The fraction of sp³-hybridized carbons (Fsp3) is 0.273. The van der Waals surface area contributed by atoms with Gasteiger partial charge in [0, 0.05) is 0 Å². The van der Waals surface area contributed by atoms with Crippen LogP contribution in [-0.4, -0.2) is 25.8 Å². The van der Waals surface area contributed by atoms with Gasteiger partial charge in [-0.15, -0.1) is 0 Å². The quantitative estimate of drug-likeness (QED) is 0.604. The Morgan fingerprint density at radius 1 is 1.11 bits per heavy atom. The molecule has 138 valence electrons. The number of fused-ring (bicyclic) bond motifs is 1. The molecule has 1 saturated carbocycles. The predicted octanol–water partition coefficient (Wildman–Crippen LogP) is 4.06. The van der Waals surface area contributed by atoms with Crippen LogP contribution in [0.1, 0.15) is 32.1 Å². The zero-order valence-electron chi connectivity index (χ0n) is 15.0. The van der Waals surface area contributed by atoms with E-state index in [2.05, 4.69) is 34.6 Å². The summed E-state index contributed by atoms with van der Waals surface area (Å²) in [7, 11) is 0. The third kappa shape index (κ3) is 4.52. The Balaban J connectivity index is 1.57. The first-order valence-electron chi connectivity index (χ1n) is 9.30. The van der Waals surface area contributed by atoms with Gasteiger partial charge < -0.3 is 0 Å². The molecule has 0 aliphatic heterocycles. The molecule has 27 heavy (non-hydrogen) atoms. The molecule has 0 spiro atoms. The Morgan fingerprint density at radius 3 is 2.67 bits per heavy atom. The van der Waals surface area contributed by atoms with Crippen molar-refractivity contribution in [2.75, 3.05) is 5.32 Å². The number of carbonyl (C=O) groups excluding carboxylic acids is 1. The van der Waals surface area contributed by atoms with Crippen LogP contribution < -0.4 is 14.2 Å². The molecule has 4 rings (SSSR count). The van der Waals surface area contributed by atoms with Gasteiger partial charge in [0.2, 0.25) is 0 Å². The van der Waals surface area contributed by atoms with E-state index in [-0.39, 0.29) is 20.9 Å². The zero-order valence-corrected chi connectivity index (χ0v) is 17.4. The second kappa shape index (κ2) is 8.43. The summed E-state index contributed by atoms with van der Waals surface area (Å²) in [6.07, 6.45) is 7.26. The summed E-state index contributed by atoms with van der Waals surface area (Å²) >= 11 is 6.15. The number of anilines is 1. The standard InChI is InChI=1S/C22H21ClN2OSe/c23-16-7-9-17(10-8-16)27-20-12-11-19(22-18(20)6-3-13-24-22)25-21(26)14-15-4-1-2-5-15/h3,6-13,15H,1-2,4-5,14H2,(H,25,26). The second-order valence-electron chi connectivity index (χ2n) is 6.97. The number of hydrogen-bond donors (Lipinski definition) is 1. The minimum absolute atomic E-state index is 0.102. The molecule has 1 aliphatic carbocycles. The number of amides is 1. The van der Waals surface area contributed by atoms with E-state index < -0.39 is 0 Å². The summed E-state index contributed by atoms with van der Waals surface area (Å²) in [5.74, 6) is 0.640. The van der Waals surface area contributed by atoms with E-state index in [0.717, 1.165) is 21.6 Å². The van der Waals surface area contributed by atoms with E-state index in [1.165, 1.54) is 34.6 Å². The molecule has 1 amide bonds. The molecule has 1 aromatic heterocycles. The van der Waals surface area contributed by atoms with Crippen molar-refractivity contribution in [3.8, 4) is 0 Å². The predicted molar refractivity (Wildman–Crippen MR) is 113 cm³/mol. The number of benzene rings is 2. The van der Waals surface area contributed by atoms with E-state index >= 15 is 0 Å². The van der Waals surface area contributed by atoms with Crippen molar-refractivity contribution in [2.45, 2.75) is 32.1 Å². The molecule has 1 aliphatic rings. The fourth-order valence-corrected chi connectivity index (χ4v) is 5.74. The van der Waals surface area contributed by atoms with Gasteiger partial charge in [0.25, 0.3) is 0 Å². The van der Waals surface area contributed by atoms with E-state index in [0.29, 0.717) is 12.3 Å². The van der Waals surface area contributed by atoms with E-state index in [1.807, 2.05) is 24.3 Å². The Kier molecular flexibility index (Phi) is 5.77. The first kappa shape index (κ1) is 18.5. The summed E-state index contributed by atoms with van der Waals surface area (Å²) in [6.45, 7) is 0. The van der Waals surface area contributed by atoms with Crippen LogP contribution in [0.25, 0.3) is 10.9 Å². The van der Waals surface area contributed by atoms with Crippen LogP contribution in [0.5, 0.6) is 0 Å². The molecule has 1 fully saturated rings. The zero-order chi connectivity index (χ0) is 18.6. The minimum atomic E-state index is 0.102. The van der Waals surface area contributed by atoms with Crippen molar-refractivity contribution in [2.24, 2.45) is 5.92 Å². The molecule has 0 atom stereocenters. The van der Waals surface area contributed by atoms with Crippen molar-refractivity contribution in [3.05, 3.63) is 59.8 Å². The molecule has 0 unspecified atom stereocenters. The van der Waals surface area contributed by atoms with Crippen LogP contribution in [-0.2, 0) is 4.79 Å². The van der Waals surface area contributed by atoms with Crippen LogP contribution in [0, 0.1) is 5.92 Å². The Bertz CT molecular complexity index is 952. The van der Waals surface area contributed by atoms with Crippen molar-refractivity contribution >= 4 is 58.0 Å². The molecular formula is C22H21ClN2OSe. The van der Waals surface area contributed by atoms with Gasteiger partial charge in [-0.2, -0.15) is 0 Å². The van der Waals surface area contributed by atoms with Gasteiger partial charge in [0.15, 0.2) is 0 Å². The third-order valence-corrected chi connectivity index (χ3v) is 7.52. The molecule has 0 saturated heterocycles. The Labute approximate surface area is 170 Å². The van der Waals surface area contributed by atoms with Crippen LogP contribution >= 0.6 is 11.6 Å². The molecular weight excluding hydrogens is 423 g/mol. The normalized spacial score (nSPS) is 14.6. The van der Waals surface area contributed by atoms with Crippen molar-refractivity contribution in [1.82, 2.24) is 4.98 Å². The van der Waals surface area contributed by atoms with E-state index in [9.17, 15) is 4.79 Å². The first-order chi connectivity index (χ1) is 13.2. The topological polar surface area (TPSA) is 42.0 Å². The SMILES string of the molecule is O=C(CC1CCCC1)Nc1ccc([Se]c2ccc(Cl)cc2)c2cccnc12. The maximum atomic E-state index is 12.5. The molecule has 0 radical (unpaired) electrons. The van der Waals surface area contributed by atoms with Crippen LogP contribution in [0.2, 0.25) is 5.02 Å². The summed E-state index contributed by atoms with van der Waals surface area (Å²) < 4.78 is 2.51. The van der Waals surface area contributed by atoms with Crippen molar-refractivity contribution < 1.29 is 4.79 Å². The summed E-state index contributed by atoms with van der Waals surface area (Å²) in [5, 5.41) is 4.95. The number of carbonyl (C=O) groups is 1. The van der Waals surface area contributed by atoms with Crippen molar-refractivity contribution in [1.29, 1.82) is 0 Å². The second-order valence-corrected chi connectivity index (χ2v) is 9.75. The molecule has 3 aromatic rings. The van der Waals surface area contributed by atoms with Gasteiger partial charge in [0.1, 0.15) is 0 Å². The third-order valence-electron chi connectivity index (χ3n) is 4.99. The van der Waals surface area contributed by atoms with Gasteiger partial charge in [-0.05, 0) is 0 Å². The fourth-order valence-electron chi connectivity index (χ4n) is 3.64. The summed E-state index contributed by atoms with van der Waals surface area (Å²) in [4.78, 5) is 17.0. The first-order valence-corrected chi connectivity index (χ1v) is 11.4. The molecule has 2 aromatic carbocycles.